The number of benzene rings is 3. The van der Waals surface area contributed by atoms with Gasteiger partial charge < -0.3 is 10.1 Å². The average molecular weight is 455 g/mol. The maximum absolute atomic E-state index is 12.7. The van der Waals surface area contributed by atoms with Gasteiger partial charge in [0, 0.05) is 16.7 Å². The Morgan fingerprint density at radius 1 is 1.00 bits per heavy atom. The van der Waals surface area contributed by atoms with Gasteiger partial charge in [0.05, 0.1) is 17.8 Å². The second-order valence-electron chi connectivity index (χ2n) is 7.89. The minimum absolute atomic E-state index is 0.140. The molecule has 0 aromatic heterocycles. The smallest absolute Gasteiger partial charge is 0.262 e. The van der Waals surface area contributed by atoms with E-state index in [9.17, 15) is 14.9 Å². The second kappa shape index (κ2) is 12.0. The Morgan fingerprint density at radius 3 is 2.41 bits per heavy atom. The van der Waals surface area contributed by atoms with E-state index in [1.807, 2.05) is 44.2 Å². The van der Waals surface area contributed by atoms with Crippen molar-refractivity contribution in [3.63, 3.8) is 0 Å². The first-order valence-electron chi connectivity index (χ1n) is 10.9. The van der Waals surface area contributed by atoms with Crippen LogP contribution in [0.2, 0.25) is 0 Å². The van der Waals surface area contributed by atoms with Crippen LogP contribution in [0, 0.1) is 17.2 Å². The molecule has 172 valence electrons. The van der Waals surface area contributed by atoms with E-state index < -0.39 is 11.9 Å². The minimum atomic E-state index is -0.751. The molecule has 0 aliphatic rings. The molecule has 0 saturated heterocycles. The van der Waals surface area contributed by atoms with Gasteiger partial charge in [-0.1, -0.05) is 62.4 Å². The lowest BCUT2D eigenvalue weighted by molar-refractivity contribution is -0.123. The van der Waals surface area contributed by atoms with Gasteiger partial charge in [-0.05, 0) is 36.2 Å². The molecule has 2 amide bonds. The zero-order valence-electron chi connectivity index (χ0n) is 19.1. The van der Waals surface area contributed by atoms with Crippen LogP contribution in [0.3, 0.4) is 0 Å². The summed E-state index contributed by atoms with van der Waals surface area (Å²) in [6.07, 6.45) is 1.49. The molecule has 34 heavy (non-hydrogen) atoms. The molecule has 3 aromatic rings. The number of amides is 2. The highest BCUT2D eigenvalue weighted by atomic mass is 16.5. The number of hydrazone groups is 1. The van der Waals surface area contributed by atoms with Crippen LogP contribution in [0.25, 0.3) is 0 Å². The van der Waals surface area contributed by atoms with E-state index in [-0.39, 0.29) is 18.4 Å². The van der Waals surface area contributed by atoms with Crippen molar-refractivity contribution in [2.24, 2.45) is 11.0 Å². The van der Waals surface area contributed by atoms with Crippen molar-refractivity contribution in [3.8, 4) is 11.8 Å². The zero-order chi connectivity index (χ0) is 24.3. The highest BCUT2D eigenvalue weighted by Gasteiger charge is 2.24. The molecule has 1 unspecified atom stereocenters. The molecule has 0 fully saturated rings. The number of hydrogen-bond donors (Lipinski definition) is 2. The van der Waals surface area contributed by atoms with Gasteiger partial charge in [0.2, 0.25) is 0 Å². The number of ether oxygens (including phenoxy) is 1. The normalized spacial score (nSPS) is 11.6. The Bertz CT molecular complexity index is 1200. The molecular weight excluding hydrogens is 428 g/mol. The average Bonchev–Trinajstić information content (AvgIpc) is 2.86. The number of hydrogen-bond acceptors (Lipinski definition) is 5. The minimum Gasteiger partial charge on any atom is -0.488 e. The number of rotatable bonds is 9. The standard InChI is InChI=1S/C27H26N4O3/c1-19(2)25(30-26(32)20-10-4-3-5-11-20)27(33)31-29-17-22-13-8-9-15-24(22)34-18-23-14-7-6-12-21(23)16-28/h3-15,17,19,25H,18H2,1-2H3,(H,30,32)(H,31,33)/b29-17+. The Hall–Kier alpha value is -4.44. The first kappa shape index (κ1) is 24.2. The van der Waals surface area contributed by atoms with Crippen LogP contribution in [0.5, 0.6) is 5.75 Å². The number of nitrogens with one attached hydrogen (secondary N) is 2. The van der Waals surface area contributed by atoms with Crippen molar-refractivity contribution in [3.05, 3.63) is 101 Å². The first-order chi connectivity index (χ1) is 16.5. The number of para-hydroxylation sites is 1. The summed E-state index contributed by atoms with van der Waals surface area (Å²) in [6, 6.07) is 24.6. The fourth-order valence-corrected chi connectivity index (χ4v) is 3.21. The van der Waals surface area contributed by atoms with Crippen molar-refractivity contribution in [2.45, 2.75) is 26.5 Å². The number of carbonyl (C=O) groups is 2. The summed E-state index contributed by atoms with van der Waals surface area (Å²) in [5.74, 6) is -0.323. The van der Waals surface area contributed by atoms with Crippen LogP contribution in [-0.2, 0) is 11.4 Å². The van der Waals surface area contributed by atoms with E-state index in [1.54, 1.807) is 48.5 Å². The van der Waals surface area contributed by atoms with E-state index in [0.717, 1.165) is 5.56 Å². The maximum atomic E-state index is 12.7. The predicted octanol–water partition coefficient (Wildman–Crippen LogP) is 4.04. The van der Waals surface area contributed by atoms with Gasteiger partial charge in [0.1, 0.15) is 18.4 Å². The molecule has 0 saturated carbocycles. The third-order valence-corrected chi connectivity index (χ3v) is 5.09. The van der Waals surface area contributed by atoms with Crippen molar-refractivity contribution in [2.75, 3.05) is 0 Å². The summed E-state index contributed by atoms with van der Waals surface area (Å²) >= 11 is 0. The monoisotopic (exact) mass is 454 g/mol. The lowest BCUT2D eigenvalue weighted by atomic mass is 10.0. The second-order valence-corrected chi connectivity index (χ2v) is 7.89. The summed E-state index contributed by atoms with van der Waals surface area (Å²) < 4.78 is 5.90. The third kappa shape index (κ3) is 6.53. The van der Waals surface area contributed by atoms with Gasteiger partial charge >= 0.3 is 0 Å². The van der Waals surface area contributed by atoms with E-state index in [4.69, 9.17) is 4.74 Å². The topological polar surface area (TPSA) is 104 Å². The van der Waals surface area contributed by atoms with Gasteiger partial charge in [-0.15, -0.1) is 0 Å². The van der Waals surface area contributed by atoms with Gasteiger partial charge in [-0.25, -0.2) is 5.43 Å². The molecule has 0 bridgehead atoms. The summed E-state index contributed by atoms with van der Waals surface area (Å²) in [4.78, 5) is 25.2. The fraction of sp³-hybridized carbons (Fsp3) is 0.185. The van der Waals surface area contributed by atoms with Crippen molar-refractivity contribution in [1.29, 1.82) is 5.26 Å². The summed E-state index contributed by atoms with van der Waals surface area (Å²) in [5.41, 5.74) is 4.98. The van der Waals surface area contributed by atoms with E-state index >= 15 is 0 Å². The van der Waals surface area contributed by atoms with Gasteiger partial charge in [0.25, 0.3) is 11.8 Å². The van der Waals surface area contributed by atoms with Crippen molar-refractivity contribution >= 4 is 18.0 Å². The molecule has 7 nitrogen and oxygen atoms in total. The van der Waals surface area contributed by atoms with E-state index in [2.05, 4.69) is 21.9 Å². The highest BCUT2D eigenvalue weighted by molar-refractivity contribution is 5.97. The SMILES string of the molecule is CC(C)C(NC(=O)c1ccccc1)C(=O)N/N=C/c1ccccc1OCc1ccccc1C#N. The molecular formula is C27H26N4O3. The molecule has 1 atom stereocenters. The number of nitriles is 1. The Kier molecular flexibility index (Phi) is 8.53. The van der Waals surface area contributed by atoms with Crippen LogP contribution >= 0.6 is 0 Å². The lowest BCUT2D eigenvalue weighted by Crippen LogP contribution is -2.48. The molecule has 7 heteroatoms. The zero-order valence-corrected chi connectivity index (χ0v) is 19.1. The quantitative estimate of drug-likeness (QED) is 0.376. The molecule has 0 heterocycles. The van der Waals surface area contributed by atoms with Gasteiger partial charge in [0.15, 0.2) is 0 Å². The maximum Gasteiger partial charge on any atom is 0.262 e. The van der Waals surface area contributed by atoms with E-state index in [1.165, 1.54) is 6.21 Å². The Balaban J connectivity index is 1.64. The molecule has 3 aromatic carbocycles. The fourth-order valence-electron chi connectivity index (χ4n) is 3.21. The molecule has 0 aliphatic carbocycles. The summed E-state index contributed by atoms with van der Waals surface area (Å²) in [7, 11) is 0. The largest absolute Gasteiger partial charge is 0.488 e. The molecule has 0 spiro atoms. The van der Waals surface area contributed by atoms with Crippen LogP contribution < -0.4 is 15.5 Å². The van der Waals surface area contributed by atoms with Crippen molar-refractivity contribution < 1.29 is 14.3 Å². The number of carbonyl (C=O) groups excluding carboxylic acids is 2. The molecule has 3 rings (SSSR count). The third-order valence-electron chi connectivity index (χ3n) is 5.09. The number of nitrogens with zero attached hydrogens (tertiary/aromatic N) is 2. The van der Waals surface area contributed by atoms with Crippen molar-refractivity contribution in [1.82, 2.24) is 10.7 Å². The predicted molar refractivity (Wildman–Crippen MR) is 130 cm³/mol. The van der Waals surface area contributed by atoms with Gasteiger partial charge in [-0.2, -0.15) is 10.4 Å². The molecule has 0 radical (unpaired) electrons. The lowest BCUT2D eigenvalue weighted by Gasteiger charge is -2.20. The molecule has 0 aliphatic heterocycles. The Labute approximate surface area is 199 Å². The van der Waals surface area contributed by atoms with Crippen LogP contribution in [0.4, 0.5) is 0 Å². The van der Waals surface area contributed by atoms with Crippen LogP contribution in [-0.4, -0.2) is 24.1 Å². The molecule has 2 N–H and O–H groups in total. The van der Waals surface area contributed by atoms with Crippen LogP contribution in [0.1, 0.15) is 40.9 Å². The van der Waals surface area contributed by atoms with Gasteiger partial charge in [-0.3, -0.25) is 9.59 Å². The first-order valence-corrected chi connectivity index (χ1v) is 10.9. The Morgan fingerprint density at radius 2 is 1.68 bits per heavy atom. The summed E-state index contributed by atoms with van der Waals surface area (Å²) in [5, 5.41) is 16.1. The van der Waals surface area contributed by atoms with E-state index in [0.29, 0.717) is 22.4 Å². The summed E-state index contributed by atoms with van der Waals surface area (Å²) in [6.45, 7) is 3.92. The van der Waals surface area contributed by atoms with Crippen LogP contribution in [0.15, 0.2) is 84.0 Å². The highest BCUT2D eigenvalue weighted by Crippen LogP contribution is 2.19.